The molecule has 5 nitrogen and oxygen atoms in total. The number of hydrogen-bond acceptors (Lipinski definition) is 3. The van der Waals surface area contributed by atoms with E-state index in [4.69, 9.17) is 0 Å². The average Bonchev–Trinajstić information content (AvgIpc) is 3.16. The third-order valence-corrected chi connectivity index (χ3v) is 3.75. The highest BCUT2D eigenvalue weighted by molar-refractivity contribution is 5.94. The summed E-state index contributed by atoms with van der Waals surface area (Å²) in [6.45, 7) is 0.404. The van der Waals surface area contributed by atoms with Gasteiger partial charge in [-0.15, -0.1) is 13.2 Å². The van der Waals surface area contributed by atoms with Crippen molar-refractivity contribution in [2.75, 3.05) is 6.54 Å². The molecule has 0 atom stereocenters. The molecule has 1 aromatic heterocycles. The van der Waals surface area contributed by atoms with E-state index in [0.717, 1.165) is 23.4 Å². The smallest absolute Gasteiger partial charge is 0.406 e. The van der Waals surface area contributed by atoms with Crippen molar-refractivity contribution < 1.29 is 22.7 Å². The van der Waals surface area contributed by atoms with Gasteiger partial charge in [-0.3, -0.25) is 4.79 Å². The topological polar surface area (TPSA) is 56.2 Å². The van der Waals surface area contributed by atoms with Gasteiger partial charge in [0.25, 0.3) is 5.91 Å². The molecule has 3 aromatic rings. The minimum atomic E-state index is -4.75. The fourth-order valence-corrected chi connectivity index (χ4v) is 2.47. The summed E-state index contributed by atoms with van der Waals surface area (Å²) >= 11 is 0. The van der Waals surface area contributed by atoms with Gasteiger partial charge < -0.3 is 10.1 Å². The van der Waals surface area contributed by atoms with Gasteiger partial charge in [0.05, 0.1) is 5.69 Å². The van der Waals surface area contributed by atoms with Crippen LogP contribution in [0.4, 0.5) is 13.2 Å². The zero-order valence-corrected chi connectivity index (χ0v) is 14.1. The zero-order chi connectivity index (χ0) is 19.3. The first-order valence-corrected chi connectivity index (χ1v) is 8.14. The summed E-state index contributed by atoms with van der Waals surface area (Å²) in [6.07, 6.45) is -0.581. The van der Waals surface area contributed by atoms with E-state index >= 15 is 0 Å². The standard InChI is InChI=1S/C19H16F3N3O2/c20-19(21,22)27-17-8-4-15(5-9-17)18(26)23-12-10-14-2-6-16(7-3-14)25-13-1-11-24-25/h1-9,11,13H,10,12H2,(H,23,26). The molecule has 3 rings (SSSR count). The second kappa shape index (κ2) is 7.94. The van der Waals surface area contributed by atoms with Crippen molar-refractivity contribution in [3.05, 3.63) is 78.1 Å². The van der Waals surface area contributed by atoms with Gasteiger partial charge in [-0.05, 0) is 54.4 Å². The number of nitrogens with zero attached hydrogens (tertiary/aromatic N) is 2. The first kappa shape index (κ1) is 18.5. The third-order valence-electron chi connectivity index (χ3n) is 3.75. The van der Waals surface area contributed by atoms with E-state index in [-0.39, 0.29) is 17.2 Å². The van der Waals surface area contributed by atoms with E-state index in [2.05, 4.69) is 15.2 Å². The molecule has 0 fully saturated rings. The van der Waals surface area contributed by atoms with E-state index < -0.39 is 6.36 Å². The molecule has 0 radical (unpaired) electrons. The van der Waals surface area contributed by atoms with Crippen LogP contribution in [0.25, 0.3) is 5.69 Å². The molecule has 1 N–H and O–H groups in total. The van der Waals surface area contributed by atoms with Crippen molar-refractivity contribution in [2.24, 2.45) is 0 Å². The molecule has 8 heteroatoms. The number of carbonyl (C=O) groups excluding carboxylic acids is 1. The molecule has 0 spiro atoms. The maximum absolute atomic E-state index is 12.1. The number of nitrogens with one attached hydrogen (secondary N) is 1. The molecule has 27 heavy (non-hydrogen) atoms. The Morgan fingerprint density at radius 3 is 2.37 bits per heavy atom. The average molecular weight is 375 g/mol. The van der Waals surface area contributed by atoms with Crippen molar-refractivity contribution in [1.29, 1.82) is 0 Å². The lowest BCUT2D eigenvalue weighted by Crippen LogP contribution is -2.25. The molecular weight excluding hydrogens is 359 g/mol. The summed E-state index contributed by atoms with van der Waals surface area (Å²) in [6, 6.07) is 14.4. The van der Waals surface area contributed by atoms with E-state index in [1.807, 2.05) is 36.5 Å². The summed E-state index contributed by atoms with van der Waals surface area (Å²) in [5.74, 6) is -0.724. The van der Waals surface area contributed by atoms with Gasteiger partial charge >= 0.3 is 6.36 Å². The summed E-state index contributed by atoms with van der Waals surface area (Å²) in [5, 5.41) is 6.89. The van der Waals surface area contributed by atoms with Gasteiger partial charge in [0.1, 0.15) is 5.75 Å². The number of hydrogen-bond donors (Lipinski definition) is 1. The molecule has 0 unspecified atom stereocenters. The minimum Gasteiger partial charge on any atom is -0.406 e. The summed E-state index contributed by atoms with van der Waals surface area (Å²) in [4.78, 5) is 12.1. The predicted molar refractivity (Wildman–Crippen MR) is 92.7 cm³/mol. The molecule has 1 amide bonds. The van der Waals surface area contributed by atoms with Crippen molar-refractivity contribution in [3.63, 3.8) is 0 Å². The summed E-state index contributed by atoms with van der Waals surface area (Å²) < 4.78 is 41.9. The second-order valence-electron chi connectivity index (χ2n) is 5.70. The lowest BCUT2D eigenvalue weighted by molar-refractivity contribution is -0.274. The molecule has 0 aliphatic heterocycles. The zero-order valence-electron chi connectivity index (χ0n) is 14.1. The molecule has 0 saturated carbocycles. The number of ether oxygens (including phenoxy) is 1. The Morgan fingerprint density at radius 2 is 1.78 bits per heavy atom. The number of halogens is 3. The van der Waals surface area contributed by atoms with E-state index in [1.165, 1.54) is 12.1 Å². The number of benzene rings is 2. The Bertz CT molecular complexity index is 874. The first-order chi connectivity index (χ1) is 12.9. The van der Waals surface area contributed by atoms with Crippen LogP contribution in [-0.4, -0.2) is 28.6 Å². The van der Waals surface area contributed by atoms with Gasteiger partial charge in [-0.1, -0.05) is 12.1 Å². The van der Waals surface area contributed by atoms with E-state index in [0.29, 0.717) is 13.0 Å². The van der Waals surface area contributed by atoms with Crippen LogP contribution in [0.15, 0.2) is 67.0 Å². The van der Waals surface area contributed by atoms with Crippen LogP contribution < -0.4 is 10.1 Å². The lowest BCUT2D eigenvalue weighted by atomic mass is 10.1. The van der Waals surface area contributed by atoms with Crippen molar-refractivity contribution in [2.45, 2.75) is 12.8 Å². The van der Waals surface area contributed by atoms with E-state index in [9.17, 15) is 18.0 Å². The van der Waals surface area contributed by atoms with Gasteiger partial charge in [-0.2, -0.15) is 5.10 Å². The normalized spacial score (nSPS) is 11.2. The highest BCUT2D eigenvalue weighted by Crippen LogP contribution is 2.22. The Hall–Kier alpha value is -3.29. The molecule has 0 aliphatic rings. The number of amides is 1. The molecular formula is C19H16F3N3O2. The maximum Gasteiger partial charge on any atom is 0.573 e. The SMILES string of the molecule is O=C(NCCc1ccc(-n2cccn2)cc1)c1ccc(OC(F)(F)F)cc1. The van der Waals surface area contributed by atoms with Crippen molar-refractivity contribution >= 4 is 5.91 Å². The molecule has 0 bridgehead atoms. The van der Waals surface area contributed by atoms with Crippen LogP contribution in [0.3, 0.4) is 0 Å². The molecule has 140 valence electrons. The Balaban J connectivity index is 1.49. The van der Waals surface area contributed by atoms with Gasteiger partial charge in [0.2, 0.25) is 0 Å². The number of aromatic nitrogens is 2. The fourth-order valence-electron chi connectivity index (χ4n) is 2.47. The lowest BCUT2D eigenvalue weighted by Gasteiger charge is -2.10. The largest absolute Gasteiger partial charge is 0.573 e. The van der Waals surface area contributed by atoms with Crippen LogP contribution in [0.5, 0.6) is 5.75 Å². The van der Waals surface area contributed by atoms with Crippen LogP contribution in [0.1, 0.15) is 15.9 Å². The summed E-state index contributed by atoms with van der Waals surface area (Å²) in [5.41, 5.74) is 2.24. The van der Waals surface area contributed by atoms with Crippen LogP contribution >= 0.6 is 0 Å². The van der Waals surface area contributed by atoms with Gasteiger partial charge in [0.15, 0.2) is 0 Å². The molecule has 2 aromatic carbocycles. The van der Waals surface area contributed by atoms with E-state index in [1.54, 1.807) is 10.9 Å². The molecule has 1 heterocycles. The van der Waals surface area contributed by atoms with Crippen LogP contribution in [0, 0.1) is 0 Å². The first-order valence-electron chi connectivity index (χ1n) is 8.14. The minimum absolute atomic E-state index is 0.263. The summed E-state index contributed by atoms with van der Waals surface area (Å²) in [7, 11) is 0. The Morgan fingerprint density at radius 1 is 1.07 bits per heavy atom. The molecule has 0 saturated heterocycles. The Kier molecular flexibility index (Phi) is 5.44. The highest BCUT2D eigenvalue weighted by Gasteiger charge is 2.31. The predicted octanol–water partition coefficient (Wildman–Crippen LogP) is 3.74. The van der Waals surface area contributed by atoms with Gasteiger partial charge in [-0.25, -0.2) is 4.68 Å². The maximum atomic E-state index is 12.1. The van der Waals surface area contributed by atoms with Crippen molar-refractivity contribution in [3.8, 4) is 11.4 Å². The Labute approximate surface area is 153 Å². The third kappa shape index (κ3) is 5.34. The number of carbonyl (C=O) groups is 1. The second-order valence-corrected chi connectivity index (χ2v) is 5.70. The fraction of sp³-hybridized carbons (Fsp3) is 0.158. The quantitative estimate of drug-likeness (QED) is 0.714. The number of alkyl halides is 3. The van der Waals surface area contributed by atoms with Crippen molar-refractivity contribution in [1.82, 2.24) is 15.1 Å². The monoisotopic (exact) mass is 375 g/mol. The molecule has 0 aliphatic carbocycles. The highest BCUT2D eigenvalue weighted by atomic mass is 19.4. The van der Waals surface area contributed by atoms with Crippen LogP contribution in [0.2, 0.25) is 0 Å². The number of rotatable bonds is 6. The van der Waals surface area contributed by atoms with Gasteiger partial charge in [0, 0.05) is 24.5 Å². The van der Waals surface area contributed by atoms with Crippen LogP contribution in [-0.2, 0) is 6.42 Å².